The van der Waals surface area contributed by atoms with E-state index in [9.17, 15) is 4.79 Å². The number of aryl methyl sites for hydroxylation is 1. The molecule has 33 heavy (non-hydrogen) atoms. The summed E-state index contributed by atoms with van der Waals surface area (Å²) < 4.78 is 1.97. The lowest BCUT2D eigenvalue weighted by atomic mass is 9.95. The van der Waals surface area contributed by atoms with Crippen LogP contribution in [-0.4, -0.2) is 43.2 Å². The number of nitrogens with zero attached hydrogens (tertiary/aromatic N) is 4. The summed E-state index contributed by atoms with van der Waals surface area (Å²) in [4.78, 5) is 28.2. The minimum Gasteiger partial charge on any atom is -0.342 e. The molecule has 1 aliphatic heterocycles. The first-order chi connectivity index (χ1) is 16.1. The van der Waals surface area contributed by atoms with Gasteiger partial charge in [0.25, 0.3) is 5.91 Å². The van der Waals surface area contributed by atoms with Crippen molar-refractivity contribution in [2.24, 2.45) is 0 Å². The Bertz CT molecular complexity index is 1460. The Hall–Kier alpha value is -3.93. The molecule has 164 valence electrons. The normalized spacial score (nSPS) is 14.9. The van der Waals surface area contributed by atoms with Crippen LogP contribution in [0.3, 0.4) is 0 Å². The second kappa shape index (κ2) is 7.89. The number of aromatic nitrogens is 4. The Morgan fingerprint density at radius 1 is 1.00 bits per heavy atom. The largest absolute Gasteiger partial charge is 0.342 e. The summed E-state index contributed by atoms with van der Waals surface area (Å²) in [5, 5.41) is 0. The van der Waals surface area contributed by atoms with Crippen molar-refractivity contribution in [1.29, 1.82) is 0 Å². The molecule has 0 aliphatic carbocycles. The van der Waals surface area contributed by atoms with Gasteiger partial charge in [0.05, 0.1) is 16.7 Å². The van der Waals surface area contributed by atoms with Crippen molar-refractivity contribution in [3.63, 3.8) is 0 Å². The van der Waals surface area contributed by atoms with Gasteiger partial charge >= 0.3 is 0 Å². The molecule has 0 bridgehead atoms. The van der Waals surface area contributed by atoms with Gasteiger partial charge in [-0.1, -0.05) is 36.4 Å². The number of hydrogen-bond donors (Lipinski definition) is 1. The molecule has 0 spiro atoms. The monoisotopic (exact) mass is 435 g/mol. The average Bonchev–Trinajstić information content (AvgIpc) is 3.47. The lowest BCUT2D eigenvalue weighted by Crippen LogP contribution is -2.38. The van der Waals surface area contributed by atoms with E-state index in [0.717, 1.165) is 59.7 Å². The number of rotatable bonds is 3. The smallest absolute Gasteiger partial charge is 0.254 e. The van der Waals surface area contributed by atoms with Crippen molar-refractivity contribution in [3.8, 4) is 11.3 Å². The maximum atomic E-state index is 13.2. The summed E-state index contributed by atoms with van der Waals surface area (Å²) in [6.07, 6.45) is 5.74. The van der Waals surface area contributed by atoms with Crippen molar-refractivity contribution in [3.05, 3.63) is 90.0 Å². The fraction of sp³-hybridized carbons (Fsp3) is 0.222. The second-order valence-electron chi connectivity index (χ2n) is 8.88. The van der Waals surface area contributed by atoms with Gasteiger partial charge in [-0.15, -0.1) is 0 Å². The number of amides is 1. The summed E-state index contributed by atoms with van der Waals surface area (Å²) in [5.41, 5.74) is 6.77. The molecule has 5 aromatic rings. The number of likely N-dealkylation sites (tertiary alicyclic amines) is 1. The van der Waals surface area contributed by atoms with Gasteiger partial charge in [0, 0.05) is 42.5 Å². The van der Waals surface area contributed by atoms with E-state index in [-0.39, 0.29) is 5.91 Å². The second-order valence-corrected chi connectivity index (χ2v) is 8.88. The van der Waals surface area contributed by atoms with Gasteiger partial charge in [-0.3, -0.25) is 4.79 Å². The van der Waals surface area contributed by atoms with Gasteiger partial charge in [0.15, 0.2) is 0 Å². The summed E-state index contributed by atoms with van der Waals surface area (Å²) >= 11 is 0. The van der Waals surface area contributed by atoms with Gasteiger partial charge in [0.1, 0.15) is 11.5 Å². The number of carbonyl (C=O) groups excluding carboxylic acids is 1. The summed E-state index contributed by atoms with van der Waals surface area (Å²) in [7, 11) is 0. The lowest BCUT2D eigenvalue weighted by Gasteiger charge is -2.31. The number of fused-ring (bicyclic) bond motifs is 2. The molecule has 3 aromatic heterocycles. The van der Waals surface area contributed by atoms with Crippen LogP contribution < -0.4 is 0 Å². The minimum absolute atomic E-state index is 0.0699. The zero-order valence-electron chi connectivity index (χ0n) is 18.5. The minimum atomic E-state index is 0.0699. The maximum absolute atomic E-state index is 13.2. The lowest BCUT2D eigenvalue weighted by molar-refractivity contribution is 0.0711. The van der Waals surface area contributed by atoms with Crippen LogP contribution in [0.15, 0.2) is 73.1 Å². The molecular formula is C27H25N5O. The van der Waals surface area contributed by atoms with Crippen molar-refractivity contribution >= 4 is 22.6 Å². The number of hydrogen-bond acceptors (Lipinski definition) is 3. The predicted octanol–water partition coefficient (Wildman–Crippen LogP) is 5.21. The SMILES string of the molecule is Cc1ccc2nc(C3CCN(C(=O)c4ccn5cc(-c6ccccc6)nc5c4)CC3)[nH]c2c1. The number of carbonyl (C=O) groups is 1. The van der Waals surface area contributed by atoms with E-state index in [0.29, 0.717) is 11.5 Å². The van der Waals surface area contributed by atoms with Gasteiger partial charge in [0.2, 0.25) is 0 Å². The van der Waals surface area contributed by atoms with Crippen LogP contribution in [0.2, 0.25) is 0 Å². The van der Waals surface area contributed by atoms with Crippen LogP contribution in [0, 0.1) is 6.92 Å². The first-order valence-corrected chi connectivity index (χ1v) is 11.4. The third-order valence-electron chi connectivity index (χ3n) is 6.60. The van der Waals surface area contributed by atoms with Crippen LogP contribution in [0.4, 0.5) is 0 Å². The number of imidazole rings is 2. The third-order valence-corrected chi connectivity index (χ3v) is 6.60. The molecule has 1 aliphatic rings. The number of H-pyrrole nitrogens is 1. The highest BCUT2D eigenvalue weighted by atomic mass is 16.2. The molecule has 6 heteroatoms. The van der Waals surface area contributed by atoms with Crippen LogP contribution in [-0.2, 0) is 0 Å². The zero-order chi connectivity index (χ0) is 22.4. The van der Waals surface area contributed by atoms with Gasteiger partial charge < -0.3 is 14.3 Å². The van der Waals surface area contributed by atoms with Crippen LogP contribution >= 0.6 is 0 Å². The number of aromatic amines is 1. The average molecular weight is 436 g/mol. The van der Waals surface area contributed by atoms with E-state index >= 15 is 0 Å². The Morgan fingerprint density at radius 3 is 2.64 bits per heavy atom. The van der Waals surface area contributed by atoms with E-state index in [1.165, 1.54) is 5.56 Å². The molecule has 0 radical (unpaired) electrons. The Kier molecular flexibility index (Phi) is 4.72. The highest BCUT2D eigenvalue weighted by molar-refractivity contribution is 5.95. The van der Waals surface area contributed by atoms with Crippen molar-refractivity contribution in [2.75, 3.05) is 13.1 Å². The standard InChI is InChI=1S/C27H25N5O/c1-18-7-8-22-23(15-18)30-26(29-22)20-9-12-31(13-10-20)27(33)21-11-14-32-17-24(28-25(32)16-21)19-5-3-2-4-6-19/h2-8,11,14-17,20H,9-10,12-13H2,1H3,(H,29,30). The molecule has 1 fully saturated rings. The Balaban J connectivity index is 1.17. The molecule has 6 nitrogen and oxygen atoms in total. The third kappa shape index (κ3) is 3.67. The molecule has 0 atom stereocenters. The molecule has 2 aromatic carbocycles. The van der Waals surface area contributed by atoms with Crippen molar-refractivity contribution in [1.82, 2.24) is 24.3 Å². The quantitative estimate of drug-likeness (QED) is 0.423. The zero-order valence-corrected chi connectivity index (χ0v) is 18.5. The molecule has 1 saturated heterocycles. The van der Waals surface area contributed by atoms with Crippen LogP contribution in [0.25, 0.3) is 27.9 Å². The topological polar surface area (TPSA) is 66.3 Å². The van der Waals surface area contributed by atoms with E-state index in [4.69, 9.17) is 9.97 Å². The summed E-state index contributed by atoms with van der Waals surface area (Å²) in [6, 6.07) is 20.2. The Morgan fingerprint density at radius 2 is 1.82 bits per heavy atom. The molecule has 0 unspecified atom stereocenters. The molecule has 1 amide bonds. The Labute approximate surface area is 191 Å². The predicted molar refractivity (Wildman–Crippen MR) is 129 cm³/mol. The fourth-order valence-corrected chi connectivity index (χ4v) is 4.74. The molecule has 0 saturated carbocycles. The van der Waals surface area contributed by atoms with Gasteiger partial charge in [-0.2, -0.15) is 0 Å². The first kappa shape index (κ1) is 19.7. The number of benzene rings is 2. The first-order valence-electron chi connectivity index (χ1n) is 11.4. The summed E-state index contributed by atoms with van der Waals surface area (Å²) in [6.45, 7) is 3.55. The summed E-state index contributed by atoms with van der Waals surface area (Å²) in [5.74, 6) is 1.46. The van der Waals surface area contributed by atoms with E-state index in [2.05, 4.69) is 30.1 Å². The van der Waals surface area contributed by atoms with E-state index < -0.39 is 0 Å². The number of pyridine rings is 1. The molecule has 6 rings (SSSR count). The van der Waals surface area contributed by atoms with Crippen LogP contribution in [0.5, 0.6) is 0 Å². The fourth-order valence-electron chi connectivity index (χ4n) is 4.74. The molecular weight excluding hydrogens is 410 g/mol. The van der Waals surface area contributed by atoms with Crippen LogP contribution in [0.1, 0.15) is 40.5 Å². The van der Waals surface area contributed by atoms with Crippen molar-refractivity contribution < 1.29 is 4.79 Å². The van der Waals surface area contributed by atoms with Gasteiger partial charge in [-0.25, -0.2) is 9.97 Å². The molecule has 4 heterocycles. The molecule has 1 N–H and O–H groups in total. The van der Waals surface area contributed by atoms with Crippen molar-refractivity contribution in [2.45, 2.75) is 25.7 Å². The number of piperidine rings is 1. The van der Waals surface area contributed by atoms with E-state index in [1.54, 1.807) is 0 Å². The highest BCUT2D eigenvalue weighted by Gasteiger charge is 2.26. The van der Waals surface area contributed by atoms with Gasteiger partial charge in [-0.05, 0) is 49.6 Å². The maximum Gasteiger partial charge on any atom is 0.254 e. The van der Waals surface area contributed by atoms with E-state index in [1.807, 2.05) is 64.2 Å². The number of nitrogens with one attached hydrogen (secondary N) is 1. The highest BCUT2D eigenvalue weighted by Crippen LogP contribution is 2.29.